The Bertz CT molecular complexity index is 1790. The van der Waals surface area contributed by atoms with Gasteiger partial charge in [-0.2, -0.15) is 13.2 Å². The number of nitrogens with one attached hydrogen (secondary N) is 2. The van der Waals surface area contributed by atoms with Gasteiger partial charge >= 0.3 is 18.4 Å². The van der Waals surface area contributed by atoms with Crippen molar-refractivity contribution in [3.8, 4) is 11.1 Å². The van der Waals surface area contributed by atoms with E-state index in [0.29, 0.717) is 45.3 Å². The molecule has 0 saturated carbocycles. The van der Waals surface area contributed by atoms with Gasteiger partial charge < -0.3 is 14.8 Å². The van der Waals surface area contributed by atoms with Crippen LogP contribution in [0.2, 0.25) is 0 Å². The highest BCUT2D eigenvalue weighted by Gasteiger charge is 2.30. The third-order valence-corrected chi connectivity index (χ3v) is 7.63. The van der Waals surface area contributed by atoms with Gasteiger partial charge in [0, 0.05) is 35.3 Å². The van der Waals surface area contributed by atoms with Crippen molar-refractivity contribution in [1.82, 2.24) is 4.98 Å². The van der Waals surface area contributed by atoms with Crippen LogP contribution in [0.1, 0.15) is 68.7 Å². The molecule has 3 amide bonds. The molecule has 0 saturated heterocycles. The lowest BCUT2D eigenvalue weighted by Gasteiger charge is -2.27. The van der Waals surface area contributed by atoms with Crippen LogP contribution in [0.3, 0.4) is 0 Å². The Morgan fingerprint density at radius 3 is 2.06 bits per heavy atom. The molecular formula is C36H39F3N4O5S. The van der Waals surface area contributed by atoms with Crippen molar-refractivity contribution in [2.45, 2.75) is 72.3 Å². The molecule has 1 heterocycles. The first-order valence-corrected chi connectivity index (χ1v) is 16.3. The average Bonchev–Trinajstić information content (AvgIpc) is 3.42. The Morgan fingerprint density at radius 1 is 0.837 bits per heavy atom. The standard InChI is InChI=1S/C36H39F3N4O5S/c1-22-9-8-10-28(29(22)23-11-13-24(14-12-23)36(37,38)39)30(44)40-25-15-17-27(18-16-25)43(33(46)48-35(5,6)7)20-19-26-21-49-31(41-26)42-32(45)47-34(2,3)4/h8-18,21H,19-20H2,1-7H3,(H,40,44)(H,41,42,45). The molecule has 9 nitrogen and oxygen atoms in total. The highest BCUT2D eigenvalue weighted by atomic mass is 32.1. The predicted molar refractivity (Wildman–Crippen MR) is 185 cm³/mol. The lowest BCUT2D eigenvalue weighted by molar-refractivity contribution is -0.137. The van der Waals surface area contributed by atoms with E-state index < -0.39 is 41.0 Å². The van der Waals surface area contributed by atoms with Gasteiger partial charge in [0.2, 0.25) is 0 Å². The van der Waals surface area contributed by atoms with Gasteiger partial charge in [-0.15, -0.1) is 11.3 Å². The van der Waals surface area contributed by atoms with E-state index in [4.69, 9.17) is 9.47 Å². The summed E-state index contributed by atoms with van der Waals surface area (Å²) in [6.45, 7) is 12.6. The van der Waals surface area contributed by atoms with E-state index in [0.717, 1.165) is 17.7 Å². The van der Waals surface area contributed by atoms with Gasteiger partial charge in [-0.25, -0.2) is 14.6 Å². The lowest BCUT2D eigenvalue weighted by atomic mass is 9.94. The molecule has 3 aromatic carbocycles. The van der Waals surface area contributed by atoms with Crippen molar-refractivity contribution >= 4 is 45.9 Å². The van der Waals surface area contributed by atoms with Crippen LogP contribution in [-0.4, -0.2) is 40.8 Å². The summed E-state index contributed by atoms with van der Waals surface area (Å²) in [6, 6.07) is 16.4. The summed E-state index contributed by atoms with van der Waals surface area (Å²) in [5.41, 5.74) is 1.43. The van der Waals surface area contributed by atoms with Crippen molar-refractivity contribution in [2.24, 2.45) is 0 Å². The number of hydrogen-bond acceptors (Lipinski definition) is 7. The minimum Gasteiger partial charge on any atom is -0.444 e. The van der Waals surface area contributed by atoms with E-state index in [1.165, 1.54) is 28.4 Å². The van der Waals surface area contributed by atoms with Gasteiger partial charge in [-0.1, -0.05) is 24.3 Å². The second-order valence-electron chi connectivity index (χ2n) is 13.2. The van der Waals surface area contributed by atoms with Crippen LogP contribution in [-0.2, 0) is 22.1 Å². The molecule has 0 fully saturated rings. The van der Waals surface area contributed by atoms with Gasteiger partial charge in [0.05, 0.1) is 11.3 Å². The van der Waals surface area contributed by atoms with Gasteiger partial charge in [0.25, 0.3) is 5.91 Å². The maximum absolute atomic E-state index is 13.5. The van der Waals surface area contributed by atoms with Crippen molar-refractivity contribution in [1.29, 1.82) is 0 Å². The number of halogens is 3. The van der Waals surface area contributed by atoms with Crippen LogP contribution in [0.15, 0.2) is 72.1 Å². The van der Waals surface area contributed by atoms with Crippen LogP contribution < -0.4 is 15.5 Å². The highest BCUT2D eigenvalue weighted by Crippen LogP contribution is 2.33. The van der Waals surface area contributed by atoms with E-state index in [9.17, 15) is 27.6 Å². The van der Waals surface area contributed by atoms with Crippen LogP contribution in [0, 0.1) is 6.92 Å². The molecule has 0 radical (unpaired) electrons. The van der Waals surface area contributed by atoms with Crippen molar-refractivity contribution in [3.63, 3.8) is 0 Å². The largest absolute Gasteiger partial charge is 0.444 e. The van der Waals surface area contributed by atoms with E-state index in [2.05, 4.69) is 15.6 Å². The van der Waals surface area contributed by atoms with Crippen molar-refractivity contribution in [3.05, 3.63) is 94.5 Å². The second-order valence-corrected chi connectivity index (χ2v) is 14.1. The zero-order chi connectivity index (χ0) is 36.1. The average molecular weight is 697 g/mol. The van der Waals surface area contributed by atoms with Crippen LogP contribution in [0.5, 0.6) is 0 Å². The molecule has 0 bridgehead atoms. The molecule has 0 atom stereocenters. The number of benzene rings is 3. The van der Waals surface area contributed by atoms with E-state index >= 15 is 0 Å². The number of hydrogen-bond donors (Lipinski definition) is 2. The molecule has 13 heteroatoms. The Morgan fingerprint density at radius 2 is 1.47 bits per heavy atom. The Labute approximate surface area is 287 Å². The zero-order valence-electron chi connectivity index (χ0n) is 28.3. The fraction of sp³-hybridized carbons (Fsp3) is 0.333. The first kappa shape index (κ1) is 36.9. The first-order chi connectivity index (χ1) is 22.8. The van der Waals surface area contributed by atoms with E-state index in [1.807, 2.05) is 0 Å². The third-order valence-electron chi connectivity index (χ3n) is 6.82. The maximum Gasteiger partial charge on any atom is 0.416 e. The molecule has 1 aromatic heterocycles. The molecule has 0 unspecified atom stereocenters. The predicted octanol–water partition coefficient (Wildman–Crippen LogP) is 9.72. The topological polar surface area (TPSA) is 110 Å². The van der Waals surface area contributed by atoms with Gasteiger partial charge in [-0.05, 0) is 108 Å². The summed E-state index contributed by atoms with van der Waals surface area (Å²) in [5, 5.41) is 7.61. The number of aromatic nitrogens is 1. The summed E-state index contributed by atoms with van der Waals surface area (Å²) < 4.78 is 50.3. The number of anilines is 3. The summed E-state index contributed by atoms with van der Waals surface area (Å²) in [7, 11) is 0. The number of rotatable bonds is 8. The summed E-state index contributed by atoms with van der Waals surface area (Å²) in [6.07, 6.45) is -5.31. The normalized spacial score (nSPS) is 11.9. The molecule has 2 N–H and O–H groups in total. The number of ether oxygens (including phenoxy) is 2. The molecule has 49 heavy (non-hydrogen) atoms. The zero-order valence-corrected chi connectivity index (χ0v) is 29.1. The van der Waals surface area contributed by atoms with Crippen molar-refractivity contribution in [2.75, 3.05) is 22.1 Å². The maximum atomic E-state index is 13.5. The minimum absolute atomic E-state index is 0.204. The minimum atomic E-state index is -4.47. The number of amides is 3. The quantitative estimate of drug-likeness (QED) is 0.190. The highest BCUT2D eigenvalue weighted by molar-refractivity contribution is 7.13. The monoisotopic (exact) mass is 696 g/mol. The Kier molecular flexibility index (Phi) is 11.1. The Hall–Kier alpha value is -4.91. The van der Waals surface area contributed by atoms with Gasteiger partial charge in [0.1, 0.15) is 11.2 Å². The number of alkyl halides is 3. The lowest BCUT2D eigenvalue weighted by Crippen LogP contribution is -2.38. The SMILES string of the molecule is Cc1cccc(C(=O)Nc2ccc(N(CCc3csc(NC(=O)OC(C)(C)C)n3)C(=O)OC(C)(C)C)cc2)c1-c1ccc(C(F)(F)F)cc1. The fourth-order valence-corrected chi connectivity index (χ4v) is 5.46. The van der Waals surface area contributed by atoms with Gasteiger partial charge in [0.15, 0.2) is 5.13 Å². The second kappa shape index (κ2) is 14.7. The summed E-state index contributed by atoms with van der Waals surface area (Å²) in [4.78, 5) is 44.7. The molecule has 0 spiro atoms. The first-order valence-electron chi connectivity index (χ1n) is 15.4. The molecule has 4 aromatic rings. The van der Waals surface area contributed by atoms with Crippen molar-refractivity contribution < 1.29 is 37.0 Å². The molecule has 260 valence electrons. The van der Waals surface area contributed by atoms with Gasteiger partial charge in [-0.3, -0.25) is 15.0 Å². The number of nitrogens with zero attached hydrogens (tertiary/aromatic N) is 2. The van der Waals surface area contributed by atoms with E-state index in [-0.39, 0.29) is 6.54 Å². The number of thiazole rings is 1. The molecule has 0 aliphatic carbocycles. The van der Waals surface area contributed by atoms with Crippen LogP contribution >= 0.6 is 11.3 Å². The number of carbonyl (C=O) groups excluding carboxylic acids is 3. The molecule has 0 aliphatic rings. The fourth-order valence-electron chi connectivity index (χ4n) is 4.73. The van der Waals surface area contributed by atoms with E-state index in [1.54, 1.807) is 96.3 Å². The molecular weight excluding hydrogens is 657 g/mol. The summed E-state index contributed by atoms with van der Waals surface area (Å²) >= 11 is 1.23. The molecule has 0 aliphatic heterocycles. The third kappa shape index (κ3) is 10.5. The van der Waals surface area contributed by atoms with Crippen LogP contribution in [0.4, 0.5) is 39.3 Å². The number of aryl methyl sites for hydroxylation is 1. The molecule has 4 rings (SSSR count). The summed E-state index contributed by atoms with van der Waals surface area (Å²) in [5.74, 6) is -0.449. The smallest absolute Gasteiger partial charge is 0.416 e. The number of carbonyl (C=O) groups is 3. The van der Waals surface area contributed by atoms with Crippen LogP contribution in [0.25, 0.3) is 11.1 Å². The Balaban J connectivity index is 1.50.